The van der Waals surface area contributed by atoms with Crippen LogP contribution in [0, 0.1) is 11.3 Å². The second-order valence-electron chi connectivity index (χ2n) is 9.22. The number of hydrogen-bond acceptors (Lipinski definition) is 3. The van der Waals surface area contributed by atoms with E-state index in [-0.39, 0.29) is 24.0 Å². The van der Waals surface area contributed by atoms with Crippen LogP contribution in [0.4, 0.5) is 0 Å². The van der Waals surface area contributed by atoms with Gasteiger partial charge in [0.25, 0.3) is 0 Å². The van der Waals surface area contributed by atoms with Crippen LogP contribution in [0.1, 0.15) is 51.0 Å². The van der Waals surface area contributed by atoms with E-state index in [1.165, 1.54) is 50.8 Å². The fourth-order valence-electron chi connectivity index (χ4n) is 4.97. The fraction of sp³-hybridized carbons (Fsp3) is 0.720. The largest absolute Gasteiger partial charge is 0.385 e. The first-order valence-corrected chi connectivity index (χ1v) is 12.0. The van der Waals surface area contributed by atoms with Crippen LogP contribution in [0.2, 0.25) is 0 Å². The van der Waals surface area contributed by atoms with Crippen LogP contribution in [0.3, 0.4) is 0 Å². The van der Waals surface area contributed by atoms with E-state index < -0.39 is 0 Å². The van der Waals surface area contributed by atoms with E-state index in [0.29, 0.717) is 11.3 Å². The normalized spacial score (nSPS) is 21.1. The van der Waals surface area contributed by atoms with Gasteiger partial charge in [0, 0.05) is 46.4 Å². The van der Waals surface area contributed by atoms with E-state index >= 15 is 0 Å². The minimum absolute atomic E-state index is 0. The maximum Gasteiger partial charge on any atom is 0.191 e. The Bertz CT molecular complexity index is 634. The molecule has 3 rings (SSSR count). The summed E-state index contributed by atoms with van der Waals surface area (Å²) in [6.07, 6.45) is 8.81. The van der Waals surface area contributed by atoms with E-state index in [1.54, 1.807) is 0 Å². The lowest BCUT2D eigenvalue weighted by molar-refractivity contribution is 0.141. The summed E-state index contributed by atoms with van der Waals surface area (Å²) in [5, 5.41) is 7.09. The van der Waals surface area contributed by atoms with Gasteiger partial charge in [-0.05, 0) is 62.5 Å². The highest BCUT2D eigenvalue weighted by molar-refractivity contribution is 14.0. The first-order chi connectivity index (χ1) is 14.7. The van der Waals surface area contributed by atoms with E-state index in [1.807, 2.05) is 7.11 Å². The molecule has 2 aliphatic rings. The number of likely N-dealkylation sites (tertiary alicyclic amines) is 1. The molecule has 1 saturated carbocycles. The number of nitrogens with one attached hydrogen (secondary N) is 2. The van der Waals surface area contributed by atoms with Gasteiger partial charge in [-0.1, -0.05) is 43.2 Å². The summed E-state index contributed by atoms with van der Waals surface area (Å²) in [7, 11) is 1.81. The lowest BCUT2D eigenvalue weighted by Crippen LogP contribution is -2.41. The van der Waals surface area contributed by atoms with Crippen molar-refractivity contribution in [3.63, 3.8) is 0 Å². The molecule has 0 bridgehead atoms. The topological polar surface area (TPSA) is 48.9 Å². The third-order valence-electron chi connectivity index (χ3n) is 6.91. The van der Waals surface area contributed by atoms with Gasteiger partial charge in [0.05, 0.1) is 0 Å². The molecule has 1 aromatic rings. The maximum atomic E-state index is 5.37. The number of halogens is 1. The molecule has 31 heavy (non-hydrogen) atoms. The molecule has 0 spiro atoms. The Morgan fingerprint density at radius 3 is 2.68 bits per heavy atom. The monoisotopic (exact) mass is 542 g/mol. The summed E-state index contributed by atoms with van der Waals surface area (Å²) in [4.78, 5) is 7.61. The Balaban J connectivity index is 0.00000341. The summed E-state index contributed by atoms with van der Waals surface area (Å²) in [6, 6.07) is 10.8. The minimum Gasteiger partial charge on any atom is -0.385 e. The van der Waals surface area contributed by atoms with E-state index in [4.69, 9.17) is 9.73 Å². The molecule has 176 valence electrons. The molecular weight excluding hydrogens is 499 g/mol. The number of benzene rings is 1. The Kier molecular flexibility index (Phi) is 12.2. The molecule has 1 unspecified atom stereocenters. The lowest BCUT2D eigenvalue weighted by Gasteiger charge is -2.27. The number of rotatable bonds is 11. The molecule has 0 radical (unpaired) electrons. The Labute approximate surface area is 206 Å². The number of nitrogens with zero attached hydrogens (tertiary/aromatic N) is 2. The van der Waals surface area contributed by atoms with Crippen molar-refractivity contribution in [3.05, 3.63) is 35.9 Å². The summed E-state index contributed by atoms with van der Waals surface area (Å²) in [5.74, 6) is 1.70. The number of ether oxygens (including phenoxy) is 1. The van der Waals surface area contributed by atoms with Gasteiger partial charge in [-0.2, -0.15) is 0 Å². The second kappa shape index (κ2) is 14.3. The fourth-order valence-corrected chi connectivity index (χ4v) is 4.97. The van der Waals surface area contributed by atoms with Crippen LogP contribution in [0.15, 0.2) is 35.3 Å². The summed E-state index contributed by atoms with van der Waals surface area (Å²) < 4.78 is 5.37. The Morgan fingerprint density at radius 1 is 1.19 bits per heavy atom. The lowest BCUT2D eigenvalue weighted by atomic mass is 9.83. The third kappa shape index (κ3) is 8.89. The molecule has 1 atom stereocenters. The molecule has 1 saturated heterocycles. The van der Waals surface area contributed by atoms with Gasteiger partial charge in [-0.3, -0.25) is 4.99 Å². The van der Waals surface area contributed by atoms with Crippen molar-refractivity contribution in [2.75, 3.05) is 53.0 Å². The molecule has 0 aromatic heterocycles. The van der Waals surface area contributed by atoms with Gasteiger partial charge < -0.3 is 20.3 Å². The average molecular weight is 543 g/mol. The second-order valence-corrected chi connectivity index (χ2v) is 9.22. The molecule has 1 aliphatic carbocycles. The van der Waals surface area contributed by atoms with E-state index in [0.717, 1.165) is 51.6 Å². The Morgan fingerprint density at radius 2 is 1.97 bits per heavy atom. The first kappa shape index (κ1) is 26.4. The minimum atomic E-state index is 0. The molecule has 1 heterocycles. The van der Waals surface area contributed by atoms with Crippen molar-refractivity contribution < 1.29 is 4.74 Å². The smallest absolute Gasteiger partial charge is 0.191 e. The highest BCUT2D eigenvalue weighted by Gasteiger charge is 2.33. The number of hydrogen-bond donors (Lipinski definition) is 2. The van der Waals surface area contributed by atoms with Crippen molar-refractivity contribution in [2.24, 2.45) is 16.3 Å². The van der Waals surface area contributed by atoms with Gasteiger partial charge in [0.15, 0.2) is 5.96 Å². The standard InChI is InChI=1S/C25H42N4O.HI/c1-3-26-24(28-21-25(15-18-30-2)13-7-8-14-25)27-19-23-12-17-29(20-23)16-11-22-9-5-4-6-10-22;/h4-6,9-10,23H,3,7-8,11-21H2,1-2H3,(H2,26,27,28);1H. The van der Waals surface area contributed by atoms with E-state index in [9.17, 15) is 0 Å². The molecule has 1 aliphatic heterocycles. The summed E-state index contributed by atoms with van der Waals surface area (Å²) in [5.41, 5.74) is 1.79. The van der Waals surface area contributed by atoms with Crippen LogP contribution < -0.4 is 10.6 Å². The van der Waals surface area contributed by atoms with Crippen LogP contribution in [0.25, 0.3) is 0 Å². The Hall–Kier alpha value is -0.860. The molecule has 6 heteroatoms. The SMILES string of the molecule is CCNC(=NCC1(CCOC)CCCC1)NCC1CCN(CCc2ccccc2)C1.I. The van der Waals surface area contributed by atoms with Crippen molar-refractivity contribution in [1.29, 1.82) is 0 Å². The first-order valence-electron chi connectivity index (χ1n) is 12.0. The van der Waals surface area contributed by atoms with Crippen molar-refractivity contribution in [1.82, 2.24) is 15.5 Å². The zero-order valence-electron chi connectivity index (χ0n) is 19.6. The van der Waals surface area contributed by atoms with Gasteiger partial charge in [-0.25, -0.2) is 0 Å². The zero-order chi connectivity index (χ0) is 21.1. The highest BCUT2D eigenvalue weighted by atomic mass is 127. The van der Waals surface area contributed by atoms with Crippen LogP contribution in [-0.4, -0.2) is 63.8 Å². The van der Waals surface area contributed by atoms with Crippen molar-refractivity contribution >= 4 is 29.9 Å². The number of guanidine groups is 1. The highest BCUT2D eigenvalue weighted by Crippen LogP contribution is 2.41. The maximum absolute atomic E-state index is 5.37. The number of methoxy groups -OCH3 is 1. The quantitative estimate of drug-likeness (QED) is 0.249. The van der Waals surface area contributed by atoms with Gasteiger partial charge in [-0.15, -0.1) is 24.0 Å². The molecule has 0 amide bonds. The molecule has 2 N–H and O–H groups in total. The molecular formula is C25H43IN4O. The van der Waals surface area contributed by atoms with Crippen LogP contribution >= 0.6 is 24.0 Å². The van der Waals surface area contributed by atoms with Crippen molar-refractivity contribution in [2.45, 2.75) is 51.9 Å². The van der Waals surface area contributed by atoms with Crippen LogP contribution in [0.5, 0.6) is 0 Å². The number of aliphatic imine (C=N–C) groups is 1. The van der Waals surface area contributed by atoms with Gasteiger partial charge >= 0.3 is 0 Å². The van der Waals surface area contributed by atoms with Gasteiger partial charge in [0.2, 0.25) is 0 Å². The predicted octanol–water partition coefficient (Wildman–Crippen LogP) is 4.32. The molecule has 5 nitrogen and oxygen atoms in total. The third-order valence-corrected chi connectivity index (χ3v) is 6.91. The average Bonchev–Trinajstić information content (AvgIpc) is 3.44. The van der Waals surface area contributed by atoms with E-state index in [2.05, 4.69) is 52.8 Å². The van der Waals surface area contributed by atoms with Crippen LogP contribution in [-0.2, 0) is 11.2 Å². The molecule has 2 fully saturated rings. The predicted molar refractivity (Wildman–Crippen MR) is 141 cm³/mol. The zero-order valence-corrected chi connectivity index (χ0v) is 21.9. The summed E-state index contributed by atoms with van der Waals surface area (Å²) >= 11 is 0. The van der Waals surface area contributed by atoms with Gasteiger partial charge in [0.1, 0.15) is 0 Å². The summed E-state index contributed by atoms with van der Waals surface area (Å²) in [6.45, 7) is 9.40. The molecule has 1 aromatic carbocycles. The van der Waals surface area contributed by atoms with Crippen molar-refractivity contribution in [3.8, 4) is 0 Å².